The second kappa shape index (κ2) is 9.75. The van der Waals surface area contributed by atoms with E-state index in [2.05, 4.69) is 0 Å². The van der Waals surface area contributed by atoms with Gasteiger partial charge in [0, 0.05) is 25.4 Å². The second-order valence-electron chi connectivity index (χ2n) is 8.02. The molecule has 0 radical (unpaired) electrons. The molecular formula is C24H28N2O5S. The lowest BCUT2D eigenvalue weighted by Gasteiger charge is -2.27. The van der Waals surface area contributed by atoms with Crippen molar-refractivity contribution in [1.82, 2.24) is 9.21 Å². The van der Waals surface area contributed by atoms with Crippen LogP contribution >= 0.6 is 0 Å². The topological polar surface area (TPSA) is 76.2 Å². The van der Waals surface area contributed by atoms with E-state index in [4.69, 9.17) is 9.47 Å². The lowest BCUT2D eigenvalue weighted by Crippen LogP contribution is -2.40. The third-order valence-electron chi connectivity index (χ3n) is 5.75. The maximum absolute atomic E-state index is 13.0. The Kier molecular flexibility index (Phi) is 6.81. The molecule has 1 saturated heterocycles. The average Bonchev–Trinajstić information content (AvgIpc) is 3.17. The summed E-state index contributed by atoms with van der Waals surface area (Å²) in [4.78, 5) is 14.8. The third kappa shape index (κ3) is 5.14. The Hall–Kier alpha value is -2.84. The summed E-state index contributed by atoms with van der Waals surface area (Å²) in [6.45, 7) is 1.62. The highest BCUT2D eigenvalue weighted by molar-refractivity contribution is 7.92. The van der Waals surface area contributed by atoms with E-state index >= 15 is 0 Å². The van der Waals surface area contributed by atoms with Gasteiger partial charge < -0.3 is 14.4 Å². The number of rotatable bonds is 6. The number of hydrogen-bond acceptors (Lipinski definition) is 5. The van der Waals surface area contributed by atoms with Crippen LogP contribution in [0.3, 0.4) is 0 Å². The Morgan fingerprint density at radius 3 is 2.62 bits per heavy atom. The minimum atomic E-state index is -3.71. The Bertz CT molecular complexity index is 1080. The summed E-state index contributed by atoms with van der Waals surface area (Å²) < 4.78 is 37.9. The van der Waals surface area contributed by atoms with E-state index in [-0.39, 0.29) is 18.5 Å². The molecule has 2 aromatic rings. The van der Waals surface area contributed by atoms with Gasteiger partial charge in [-0.15, -0.1) is 0 Å². The van der Waals surface area contributed by atoms with Crippen LogP contribution in [0.1, 0.15) is 36.4 Å². The number of sulfonamides is 1. The summed E-state index contributed by atoms with van der Waals surface area (Å²) in [5, 5.41) is 1.14. The maximum Gasteiger partial charge on any atom is 0.238 e. The molecule has 0 aliphatic carbocycles. The van der Waals surface area contributed by atoms with Crippen molar-refractivity contribution < 1.29 is 22.7 Å². The van der Waals surface area contributed by atoms with Gasteiger partial charge in [0.05, 0.1) is 25.8 Å². The fraction of sp³-hybridized carbons (Fsp3) is 0.375. The summed E-state index contributed by atoms with van der Waals surface area (Å²) >= 11 is 0. The normalized spacial score (nSPS) is 18.8. The van der Waals surface area contributed by atoms with Crippen molar-refractivity contribution >= 4 is 22.0 Å². The van der Waals surface area contributed by atoms with Crippen LogP contribution in [0, 0.1) is 0 Å². The number of carbonyl (C=O) groups excluding carboxylic acids is 1. The summed E-state index contributed by atoms with van der Waals surface area (Å²) in [7, 11) is -2.28. The van der Waals surface area contributed by atoms with Gasteiger partial charge in [-0.05, 0) is 42.2 Å². The van der Waals surface area contributed by atoms with Crippen LogP contribution < -0.4 is 9.47 Å². The van der Waals surface area contributed by atoms with Gasteiger partial charge in [-0.1, -0.05) is 36.4 Å². The largest absolute Gasteiger partial charge is 0.490 e. The van der Waals surface area contributed by atoms with Gasteiger partial charge in [0.15, 0.2) is 11.5 Å². The maximum atomic E-state index is 13.0. The van der Waals surface area contributed by atoms with E-state index < -0.39 is 10.0 Å². The molecule has 2 aliphatic heterocycles. The Labute approximate surface area is 189 Å². The summed E-state index contributed by atoms with van der Waals surface area (Å²) in [5.41, 5.74) is 1.76. The van der Waals surface area contributed by atoms with Gasteiger partial charge in [0.2, 0.25) is 15.9 Å². The quantitative estimate of drug-likeness (QED) is 0.666. The molecule has 0 saturated carbocycles. The van der Waals surface area contributed by atoms with Crippen LogP contribution in [0.25, 0.3) is 6.08 Å². The first-order valence-corrected chi connectivity index (χ1v) is 12.3. The first-order chi connectivity index (χ1) is 15.4. The average molecular weight is 457 g/mol. The molecule has 170 valence electrons. The highest BCUT2D eigenvalue weighted by Gasteiger charge is 2.32. The molecule has 2 aromatic carbocycles. The van der Waals surface area contributed by atoms with Gasteiger partial charge in [0.25, 0.3) is 0 Å². The first-order valence-electron chi connectivity index (χ1n) is 10.8. The number of amides is 1. The Morgan fingerprint density at radius 2 is 1.84 bits per heavy atom. The fourth-order valence-electron chi connectivity index (χ4n) is 4.00. The molecule has 2 heterocycles. The molecule has 1 atom stereocenters. The van der Waals surface area contributed by atoms with E-state index in [9.17, 15) is 13.2 Å². The lowest BCUT2D eigenvalue weighted by atomic mass is 10.0. The van der Waals surface area contributed by atoms with Gasteiger partial charge >= 0.3 is 0 Å². The third-order valence-corrected chi connectivity index (χ3v) is 7.23. The Balaban J connectivity index is 1.44. The van der Waals surface area contributed by atoms with Gasteiger partial charge in [-0.25, -0.2) is 8.42 Å². The molecule has 1 unspecified atom stereocenters. The summed E-state index contributed by atoms with van der Waals surface area (Å²) in [5.74, 6) is 1.21. The first kappa shape index (κ1) is 22.4. The summed E-state index contributed by atoms with van der Waals surface area (Å²) in [6.07, 6.45) is 4.06. The lowest BCUT2D eigenvalue weighted by molar-refractivity contribution is -0.132. The van der Waals surface area contributed by atoms with Crippen molar-refractivity contribution in [2.24, 2.45) is 0 Å². The molecule has 0 aromatic heterocycles. The molecule has 1 fully saturated rings. The highest BCUT2D eigenvalue weighted by Crippen LogP contribution is 2.38. The number of likely N-dealkylation sites (tertiary alicyclic amines) is 1. The number of fused-ring (bicyclic) bond motifs is 1. The number of benzene rings is 2. The van der Waals surface area contributed by atoms with E-state index in [1.165, 1.54) is 13.1 Å². The van der Waals surface area contributed by atoms with Crippen molar-refractivity contribution in [3.63, 3.8) is 0 Å². The number of likely N-dealkylation sites (N-methyl/N-ethyl adjacent to an activating group) is 1. The van der Waals surface area contributed by atoms with Crippen LogP contribution in [-0.4, -0.2) is 56.9 Å². The zero-order valence-corrected chi connectivity index (χ0v) is 19.0. The zero-order valence-electron chi connectivity index (χ0n) is 18.1. The molecule has 1 amide bonds. The molecule has 8 heteroatoms. The monoisotopic (exact) mass is 456 g/mol. The predicted molar refractivity (Wildman–Crippen MR) is 123 cm³/mol. The van der Waals surface area contributed by atoms with Crippen molar-refractivity contribution in [2.75, 3.05) is 33.4 Å². The van der Waals surface area contributed by atoms with E-state index in [1.54, 1.807) is 4.90 Å². The molecule has 32 heavy (non-hydrogen) atoms. The highest BCUT2D eigenvalue weighted by atomic mass is 32.2. The number of ether oxygens (including phenoxy) is 2. The van der Waals surface area contributed by atoms with Crippen LogP contribution in [0.15, 0.2) is 53.9 Å². The van der Waals surface area contributed by atoms with Gasteiger partial charge in [0.1, 0.15) is 0 Å². The van der Waals surface area contributed by atoms with Crippen LogP contribution in [-0.2, 0) is 14.8 Å². The second-order valence-corrected chi connectivity index (χ2v) is 9.94. The van der Waals surface area contributed by atoms with Gasteiger partial charge in [-0.3, -0.25) is 4.79 Å². The van der Waals surface area contributed by atoms with E-state index in [1.807, 2.05) is 48.5 Å². The van der Waals surface area contributed by atoms with Crippen molar-refractivity contribution in [1.29, 1.82) is 0 Å². The van der Waals surface area contributed by atoms with Crippen molar-refractivity contribution in [2.45, 2.75) is 25.3 Å². The molecule has 0 N–H and O–H groups in total. The predicted octanol–water partition coefficient (Wildman–Crippen LogP) is 3.44. The standard InChI is InChI=1S/C24H28N2O5S/c1-25(32(28,29)16-12-19-7-3-2-4-8-19)18-24(27)26-13-5-9-21(26)20-10-11-22-23(17-20)31-15-6-14-30-22/h2-4,7-8,10-12,16-17,21H,5-6,9,13-15,18H2,1H3/b16-12+. The Morgan fingerprint density at radius 1 is 1.09 bits per heavy atom. The van der Waals surface area contributed by atoms with Gasteiger partial charge in [-0.2, -0.15) is 4.31 Å². The fourth-order valence-corrected chi connectivity index (χ4v) is 4.83. The smallest absolute Gasteiger partial charge is 0.238 e. The van der Waals surface area contributed by atoms with E-state index in [0.717, 1.165) is 45.9 Å². The van der Waals surface area contributed by atoms with Crippen LogP contribution in [0.2, 0.25) is 0 Å². The molecule has 4 rings (SSSR count). The van der Waals surface area contributed by atoms with Crippen LogP contribution in [0.4, 0.5) is 0 Å². The SMILES string of the molecule is CN(CC(=O)N1CCCC1c1ccc2c(c1)OCCCO2)S(=O)(=O)/C=C/c1ccccc1. The van der Waals surface area contributed by atoms with E-state index in [0.29, 0.717) is 25.5 Å². The molecule has 0 spiro atoms. The minimum absolute atomic E-state index is 0.101. The number of carbonyl (C=O) groups is 1. The number of hydrogen-bond donors (Lipinski definition) is 0. The molecular weight excluding hydrogens is 428 g/mol. The molecule has 0 bridgehead atoms. The van der Waals surface area contributed by atoms with Crippen molar-refractivity contribution in [3.8, 4) is 11.5 Å². The number of nitrogens with zero attached hydrogens (tertiary/aromatic N) is 2. The summed E-state index contributed by atoms with van der Waals surface area (Å²) in [6, 6.07) is 14.9. The van der Waals surface area contributed by atoms with Crippen LogP contribution in [0.5, 0.6) is 11.5 Å². The molecule has 2 aliphatic rings. The van der Waals surface area contributed by atoms with Crippen molar-refractivity contribution in [3.05, 3.63) is 65.1 Å². The molecule has 7 nitrogen and oxygen atoms in total. The minimum Gasteiger partial charge on any atom is -0.490 e. The zero-order chi connectivity index (χ0) is 22.6.